The van der Waals surface area contributed by atoms with E-state index in [-0.39, 0.29) is 5.91 Å². The molecule has 0 spiro atoms. The van der Waals surface area contributed by atoms with Gasteiger partial charge in [0.2, 0.25) is 5.91 Å². The molecule has 0 aromatic heterocycles. The third-order valence-corrected chi connectivity index (χ3v) is 3.02. The van der Waals surface area contributed by atoms with Crippen molar-refractivity contribution in [2.24, 2.45) is 0 Å². The highest BCUT2D eigenvalue weighted by Crippen LogP contribution is 2.23. The monoisotopic (exact) mass is 219 g/mol. The van der Waals surface area contributed by atoms with Crippen LogP contribution in [0, 0.1) is 6.92 Å². The van der Waals surface area contributed by atoms with Crippen LogP contribution in [-0.4, -0.2) is 37.5 Å². The first-order valence-corrected chi connectivity index (χ1v) is 5.43. The number of nitrogen functional groups attached to an aromatic ring is 1. The third kappa shape index (κ3) is 1.96. The van der Waals surface area contributed by atoms with Crippen LogP contribution in [0.1, 0.15) is 5.56 Å². The predicted octanol–water partition coefficient (Wildman–Crippen LogP) is 0.856. The van der Waals surface area contributed by atoms with E-state index in [9.17, 15) is 4.79 Å². The second kappa shape index (κ2) is 4.04. The Morgan fingerprint density at radius 2 is 2.06 bits per heavy atom. The highest BCUT2D eigenvalue weighted by molar-refractivity contribution is 5.83. The standard InChI is InChI=1S/C12H17N3O/c1-9-7-10(13)3-4-11(9)15-6-5-14(2)12(16)8-15/h3-4,7H,5-6,8,13H2,1-2H3. The van der Waals surface area contributed by atoms with Crippen molar-refractivity contribution in [2.45, 2.75) is 6.92 Å². The number of benzene rings is 1. The van der Waals surface area contributed by atoms with E-state index in [1.54, 1.807) is 4.90 Å². The Morgan fingerprint density at radius 3 is 2.69 bits per heavy atom. The topological polar surface area (TPSA) is 49.6 Å². The van der Waals surface area contributed by atoms with Crippen LogP contribution in [0.25, 0.3) is 0 Å². The summed E-state index contributed by atoms with van der Waals surface area (Å²) in [5, 5.41) is 0. The molecule has 1 amide bonds. The molecule has 2 rings (SSSR count). The van der Waals surface area contributed by atoms with Crippen LogP contribution in [0.3, 0.4) is 0 Å². The van der Waals surface area contributed by atoms with Crippen LogP contribution in [-0.2, 0) is 4.79 Å². The molecule has 2 N–H and O–H groups in total. The molecule has 1 heterocycles. The molecule has 1 fully saturated rings. The van der Waals surface area contributed by atoms with Gasteiger partial charge in [0, 0.05) is 31.5 Å². The molecule has 1 aromatic rings. The van der Waals surface area contributed by atoms with Gasteiger partial charge in [-0.05, 0) is 30.7 Å². The van der Waals surface area contributed by atoms with Gasteiger partial charge in [0.05, 0.1) is 6.54 Å². The predicted molar refractivity (Wildman–Crippen MR) is 65.4 cm³/mol. The lowest BCUT2D eigenvalue weighted by Gasteiger charge is -2.34. The molecule has 1 aliphatic rings. The zero-order chi connectivity index (χ0) is 11.7. The number of hydrogen-bond acceptors (Lipinski definition) is 3. The van der Waals surface area contributed by atoms with Crippen molar-refractivity contribution in [3.63, 3.8) is 0 Å². The lowest BCUT2D eigenvalue weighted by Crippen LogP contribution is -2.48. The number of piperazine rings is 1. The summed E-state index contributed by atoms with van der Waals surface area (Å²) in [6.07, 6.45) is 0. The Balaban J connectivity index is 2.22. The highest BCUT2D eigenvalue weighted by Gasteiger charge is 2.21. The van der Waals surface area contributed by atoms with E-state index in [0.29, 0.717) is 6.54 Å². The number of nitrogens with zero attached hydrogens (tertiary/aromatic N) is 2. The van der Waals surface area contributed by atoms with Gasteiger partial charge in [-0.15, -0.1) is 0 Å². The summed E-state index contributed by atoms with van der Waals surface area (Å²) in [5.74, 6) is 0.169. The maximum atomic E-state index is 11.6. The average Bonchev–Trinajstić information content (AvgIpc) is 2.22. The number of rotatable bonds is 1. The van der Waals surface area contributed by atoms with Crippen molar-refractivity contribution in [3.05, 3.63) is 23.8 Å². The van der Waals surface area contributed by atoms with Crippen LogP contribution >= 0.6 is 0 Å². The molecule has 1 aromatic carbocycles. The number of amides is 1. The van der Waals surface area contributed by atoms with Crippen molar-refractivity contribution in [2.75, 3.05) is 37.3 Å². The molecule has 86 valence electrons. The van der Waals surface area contributed by atoms with Crippen molar-refractivity contribution in [1.29, 1.82) is 0 Å². The summed E-state index contributed by atoms with van der Waals surface area (Å²) in [6, 6.07) is 5.81. The largest absolute Gasteiger partial charge is 0.399 e. The maximum absolute atomic E-state index is 11.6. The van der Waals surface area contributed by atoms with Gasteiger partial charge >= 0.3 is 0 Å². The second-order valence-corrected chi connectivity index (χ2v) is 4.28. The first kappa shape index (κ1) is 10.8. The van der Waals surface area contributed by atoms with Crippen molar-refractivity contribution < 1.29 is 4.79 Å². The fraction of sp³-hybridized carbons (Fsp3) is 0.417. The Bertz CT molecular complexity index is 417. The van der Waals surface area contributed by atoms with E-state index in [0.717, 1.165) is 30.0 Å². The molecule has 0 saturated carbocycles. The number of likely N-dealkylation sites (N-methyl/N-ethyl adjacent to an activating group) is 1. The van der Waals surface area contributed by atoms with E-state index < -0.39 is 0 Å². The van der Waals surface area contributed by atoms with Gasteiger partial charge in [-0.1, -0.05) is 0 Å². The SMILES string of the molecule is Cc1cc(N)ccc1N1CCN(C)C(=O)C1. The fourth-order valence-corrected chi connectivity index (χ4v) is 2.00. The number of carbonyl (C=O) groups excluding carboxylic acids is 1. The smallest absolute Gasteiger partial charge is 0.241 e. The summed E-state index contributed by atoms with van der Waals surface area (Å²) < 4.78 is 0. The van der Waals surface area contributed by atoms with Crippen LogP contribution in [0.4, 0.5) is 11.4 Å². The molecule has 1 aliphatic heterocycles. The number of hydrogen-bond donors (Lipinski definition) is 1. The van der Waals surface area contributed by atoms with Gasteiger partial charge < -0.3 is 15.5 Å². The zero-order valence-electron chi connectivity index (χ0n) is 9.73. The molecule has 0 unspecified atom stereocenters. The lowest BCUT2D eigenvalue weighted by atomic mass is 10.1. The molecule has 0 bridgehead atoms. The summed E-state index contributed by atoms with van der Waals surface area (Å²) in [4.78, 5) is 15.5. The Labute approximate surface area is 95.6 Å². The maximum Gasteiger partial charge on any atom is 0.241 e. The minimum Gasteiger partial charge on any atom is -0.399 e. The molecule has 1 saturated heterocycles. The van der Waals surface area contributed by atoms with Gasteiger partial charge in [0.25, 0.3) is 0 Å². The molecule has 0 radical (unpaired) electrons. The second-order valence-electron chi connectivity index (χ2n) is 4.28. The van der Waals surface area contributed by atoms with Crippen molar-refractivity contribution >= 4 is 17.3 Å². The third-order valence-electron chi connectivity index (χ3n) is 3.02. The van der Waals surface area contributed by atoms with Crippen molar-refractivity contribution in [3.8, 4) is 0 Å². The van der Waals surface area contributed by atoms with Gasteiger partial charge in [0.15, 0.2) is 0 Å². The summed E-state index contributed by atoms with van der Waals surface area (Å²) in [7, 11) is 1.84. The number of anilines is 2. The Hall–Kier alpha value is -1.71. The van der Waals surface area contributed by atoms with Gasteiger partial charge in [-0.25, -0.2) is 0 Å². The Kier molecular flexibility index (Phi) is 2.73. The number of nitrogens with two attached hydrogens (primary N) is 1. The normalized spacial score (nSPS) is 16.8. The minimum absolute atomic E-state index is 0.169. The van der Waals surface area contributed by atoms with Crippen molar-refractivity contribution in [1.82, 2.24) is 4.90 Å². The lowest BCUT2D eigenvalue weighted by molar-refractivity contribution is -0.129. The molecule has 16 heavy (non-hydrogen) atoms. The first-order valence-electron chi connectivity index (χ1n) is 5.43. The molecule has 4 nitrogen and oxygen atoms in total. The number of aryl methyl sites for hydroxylation is 1. The quantitative estimate of drug-likeness (QED) is 0.713. The molecular weight excluding hydrogens is 202 g/mol. The van der Waals surface area contributed by atoms with Crippen LogP contribution in [0.5, 0.6) is 0 Å². The highest BCUT2D eigenvalue weighted by atomic mass is 16.2. The summed E-state index contributed by atoms with van der Waals surface area (Å²) in [6.45, 7) is 4.14. The molecule has 0 aliphatic carbocycles. The minimum atomic E-state index is 0.169. The average molecular weight is 219 g/mol. The van der Waals surface area contributed by atoms with Crippen LogP contribution in [0.2, 0.25) is 0 Å². The van der Waals surface area contributed by atoms with E-state index in [1.807, 2.05) is 32.2 Å². The molecular formula is C12H17N3O. The fourth-order valence-electron chi connectivity index (χ4n) is 2.00. The van der Waals surface area contributed by atoms with E-state index in [1.165, 1.54) is 0 Å². The van der Waals surface area contributed by atoms with Gasteiger partial charge in [-0.3, -0.25) is 4.79 Å². The molecule has 0 atom stereocenters. The summed E-state index contributed by atoms with van der Waals surface area (Å²) in [5.41, 5.74) is 8.71. The van der Waals surface area contributed by atoms with Crippen LogP contribution in [0.15, 0.2) is 18.2 Å². The van der Waals surface area contributed by atoms with Gasteiger partial charge in [0.1, 0.15) is 0 Å². The first-order chi connectivity index (χ1) is 7.58. The Morgan fingerprint density at radius 1 is 1.31 bits per heavy atom. The van der Waals surface area contributed by atoms with E-state index in [2.05, 4.69) is 4.90 Å². The van der Waals surface area contributed by atoms with Gasteiger partial charge in [-0.2, -0.15) is 0 Å². The van der Waals surface area contributed by atoms with E-state index >= 15 is 0 Å². The number of carbonyl (C=O) groups is 1. The van der Waals surface area contributed by atoms with Crippen LogP contribution < -0.4 is 10.6 Å². The van der Waals surface area contributed by atoms with E-state index in [4.69, 9.17) is 5.73 Å². The summed E-state index contributed by atoms with van der Waals surface area (Å²) >= 11 is 0. The zero-order valence-corrected chi connectivity index (χ0v) is 9.73. The molecule has 4 heteroatoms.